The van der Waals surface area contributed by atoms with E-state index in [4.69, 9.17) is 0 Å². The molecule has 0 aliphatic carbocycles. The largest absolute Gasteiger partial charge is 0.310 e. The van der Waals surface area contributed by atoms with E-state index in [0.29, 0.717) is 6.04 Å². The molecule has 0 aromatic heterocycles. The summed E-state index contributed by atoms with van der Waals surface area (Å²) in [4.78, 5) is 2.61. The van der Waals surface area contributed by atoms with Gasteiger partial charge in [0.25, 0.3) is 0 Å². The maximum Gasteiger partial charge on any atom is 0.0320 e. The molecule has 0 spiro atoms. The van der Waals surface area contributed by atoms with Crippen molar-refractivity contribution >= 4 is 0 Å². The summed E-state index contributed by atoms with van der Waals surface area (Å²) in [6.45, 7) is 7.32. The van der Waals surface area contributed by atoms with Gasteiger partial charge in [0.1, 0.15) is 0 Å². The molecule has 1 N–H and O–H groups in total. The van der Waals surface area contributed by atoms with Gasteiger partial charge in [-0.3, -0.25) is 0 Å². The Bertz CT molecular complexity index is 357. The third-order valence-electron chi connectivity index (χ3n) is 4.54. The fourth-order valence-electron chi connectivity index (χ4n) is 3.26. The van der Waals surface area contributed by atoms with Crippen LogP contribution in [0.25, 0.3) is 0 Å². The Kier molecular flexibility index (Phi) is 7.83. The van der Waals surface area contributed by atoms with Gasteiger partial charge in [0, 0.05) is 6.04 Å². The SMILES string of the molecule is CCCCCC(NCCCN1CCCC1)c1ccccc1. The Balaban J connectivity index is 1.72. The number of likely N-dealkylation sites (tertiary alicyclic amines) is 1. The minimum atomic E-state index is 0.538. The van der Waals surface area contributed by atoms with E-state index in [0.717, 1.165) is 6.54 Å². The molecule has 1 aliphatic rings. The third kappa shape index (κ3) is 6.19. The van der Waals surface area contributed by atoms with Crippen LogP contribution >= 0.6 is 0 Å². The second-order valence-electron chi connectivity index (χ2n) is 6.32. The Labute approximate surface area is 130 Å². The van der Waals surface area contributed by atoms with Crippen LogP contribution in [0.15, 0.2) is 30.3 Å². The molecule has 0 radical (unpaired) electrons. The van der Waals surface area contributed by atoms with Gasteiger partial charge < -0.3 is 10.2 Å². The summed E-state index contributed by atoms with van der Waals surface area (Å²) >= 11 is 0. The topological polar surface area (TPSA) is 15.3 Å². The van der Waals surface area contributed by atoms with E-state index in [1.807, 2.05) is 0 Å². The second kappa shape index (κ2) is 9.97. The van der Waals surface area contributed by atoms with E-state index in [1.54, 1.807) is 0 Å². The number of hydrogen-bond donors (Lipinski definition) is 1. The molecule has 1 saturated heterocycles. The summed E-state index contributed by atoms with van der Waals surface area (Å²) < 4.78 is 0. The van der Waals surface area contributed by atoms with Gasteiger partial charge in [0.2, 0.25) is 0 Å². The zero-order valence-corrected chi connectivity index (χ0v) is 13.7. The Morgan fingerprint density at radius 3 is 2.52 bits per heavy atom. The maximum absolute atomic E-state index is 3.79. The van der Waals surface area contributed by atoms with Crippen LogP contribution in [0.1, 0.15) is 63.5 Å². The molecule has 1 aliphatic heterocycles. The molecule has 2 rings (SSSR count). The summed E-state index contributed by atoms with van der Waals surface area (Å²) in [6.07, 6.45) is 9.32. The van der Waals surface area contributed by atoms with Gasteiger partial charge in [-0.2, -0.15) is 0 Å². The van der Waals surface area contributed by atoms with Crippen molar-refractivity contribution in [2.75, 3.05) is 26.2 Å². The summed E-state index contributed by atoms with van der Waals surface area (Å²) in [5.74, 6) is 0. The van der Waals surface area contributed by atoms with E-state index >= 15 is 0 Å². The Morgan fingerprint density at radius 1 is 1.05 bits per heavy atom. The maximum atomic E-state index is 3.79. The highest BCUT2D eigenvalue weighted by Crippen LogP contribution is 2.19. The van der Waals surface area contributed by atoms with Crippen LogP contribution in [0, 0.1) is 0 Å². The van der Waals surface area contributed by atoms with Crippen molar-refractivity contribution < 1.29 is 0 Å². The molecule has 2 heteroatoms. The van der Waals surface area contributed by atoms with Crippen molar-refractivity contribution in [2.45, 2.75) is 57.9 Å². The lowest BCUT2D eigenvalue weighted by Crippen LogP contribution is -2.27. The highest BCUT2D eigenvalue weighted by atomic mass is 15.1. The quantitative estimate of drug-likeness (QED) is 0.643. The normalized spacial score (nSPS) is 17.2. The van der Waals surface area contributed by atoms with Crippen LogP contribution in [0.4, 0.5) is 0 Å². The third-order valence-corrected chi connectivity index (χ3v) is 4.54. The molecule has 0 bridgehead atoms. The lowest BCUT2D eigenvalue weighted by Gasteiger charge is -2.20. The fraction of sp³-hybridized carbons (Fsp3) is 0.684. The molecule has 21 heavy (non-hydrogen) atoms. The second-order valence-corrected chi connectivity index (χ2v) is 6.32. The fourth-order valence-corrected chi connectivity index (χ4v) is 3.26. The van der Waals surface area contributed by atoms with Gasteiger partial charge in [-0.25, -0.2) is 0 Å². The predicted molar refractivity (Wildman–Crippen MR) is 91.6 cm³/mol. The van der Waals surface area contributed by atoms with E-state index < -0.39 is 0 Å². The number of benzene rings is 1. The lowest BCUT2D eigenvalue weighted by molar-refractivity contribution is 0.326. The molecule has 1 heterocycles. The van der Waals surface area contributed by atoms with Crippen molar-refractivity contribution in [1.82, 2.24) is 10.2 Å². The average Bonchev–Trinajstić information content (AvgIpc) is 3.04. The highest BCUT2D eigenvalue weighted by Gasteiger charge is 2.12. The molecule has 118 valence electrons. The monoisotopic (exact) mass is 288 g/mol. The summed E-state index contributed by atoms with van der Waals surface area (Å²) in [5.41, 5.74) is 1.45. The van der Waals surface area contributed by atoms with Gasteiger partial charge in [-0.15, -0.1) is 0 Å². The highest BCUT2D eigenvalue weighted by molar-refractivity contribution is 5.18. The van der Waals surface area contributed by atoms with Gasteiger partial charge in [-0.1, -0.05) is 56.5 Å². The number of hydrogen-bond acceptors (Lipinski definition) is 2. The molecule has 1 aromatic rings. The lowest BCUT2D eigenvalue weighted by atomic mass is 10.0. The first kappa shape index (κ1) is 16.5. The van der Waals surface area contributed by atoms with Crippen molar-refractivity contribution in [2.24, 2.45) is 0 Å². The first-order valence-electron chi connectivity index (χ1n) is 8.91. The van der Waals surface area contributed by atoms with Crippen LogP contribution in [-0.2, 0) is 0 Å². The molecule has 0 amide bonds. The zero-order valence-electron chi connectivity index (χ0n) is 13.7. The van der Waals surface area contributed by atoms with E-state index in [-0.39, 0.29) is 0 Å². The summed E-state index contributed by atoms with van der Waals surface area (Å²) in [5, 5.41) is 3.79. The van der Waals surface area contributed by atoms with Crippen LogP contribution in [0.2, 0.25) is 0 Å². The Hall–Kier alpha value is -0.860. The molecule has 1 fully saturated rings. The zero-order chi connectivity index (χ0) is 14.8. The van der Waals surface area contributed by atoms with Gasteiger partial charge in [-0.05, 0) is 57.4 Å². The Morgan fingerprint density at radius 2 is 1.81 bits per heavy atom. The van der Waals surface area contributed by atoms with E-state index in [9.17, 15) is 0 Å². The summed E-state index contributed by atoms with van der Waals surface area (Å²) in [6, 6.07) is 11.5. The number of unbranched alkanes of at least 4 members (excludes halogenated alkanes) is 2. The minimum Gasteiger partial charge on any atom is -0.310 e. The molecule has 1 atom stereocenters. The number of nitrogens with zero attached hydrogens (tertiary/aromatic N) is 1. The van der Waals surface area contributed by atoms with Gasteiger partial charge >= 0.3 is 0 Å². The molecule has 2 nitrogen and oxygen atoms in total. The average molecular weight is 288 g/mol. The first-order valence-corrected chi connectivity index (χ1v) is 8.91. The number of nitrogens with one attached hydrogen (secondary N) is 1. The van der Waals surface area contributed by atoms with Crippen LogP contribution < -0.4 is 5.32 Å². The van der Waals surface area contributed by atoms with Crippen molar-refractivity contribution in [1.29, 1.82) is 0 Å². The van der Waals surface area contributed by atoms with Gasteiger partial charge in [0.05, 0.1) is 0 Å². The number of rotatable bonds is 10. The minimum absolute atomic E-state index is 0.538. The van der Waals surface area contributed by atoms with Crippen molar-refractivity contribution in [3.05, 3.63) is 35.9 Å². The molecule has 1 aromatic carbocycles. The van der Waals surface area contributed by atoms with Crippen molar-refractivity contribution in [3.63, 3.8) is 0 Å². The van der Waals surface area contributed by atoms with Crippen LogP contribution in [0.5, 0.6) is 0 Å². The smallest absolute Gasteiger partial charge is 0.0320 e. The van der Waals surface area contributed by atoms with Gasteiger partial charge in [0.15, 0.2) is 0 Å². The van der Waals surface area contributed by atoms with E-state index in [1.165, 1.54) is 70.1 Å². The summed E-state index contributed by atoms with van der Waals surface area (Å²) in [7, 11) is 0. The molecule has 1 unspecified atom stereocenters. The molecule has 0 saturated carbocycles. The van der Waals surface area contributed by atoms with Crippen LogP contribution in [-0.4, -0.2) is 31.1 Å². The van der Waals surface area contributed by atoms with E-state index in [2.05, 4.69) is 47.5 Å². The molecular formula is C19H32N2. The molecular weight excluding hydrogens is 256 g/mol. The van der Waals surface area contributed by atoms with Crippen LogP contribution in [0.3, 0.4) is 0 Å². The standard InChI is InChI=1S/C19H32N2/c1-2-3-5-13-19(18-11-6-4-7-12-18)20-14-10-17-21-15-8-9-16-21/h4,6-7,11-12,19-20H,2-3,5,8-10,13-17H2,1H3. The van der Waals surface area contributed by atoms with Crippen molar-refractivity contribution in [3.8, 4) is 0 Å². The first-order chi connectivity index (χ1) is 10.4. The predicted octanol–water partition coefficient (Wildman–Crippen LogP) is 4.38.